The summed E-state index contributed by atoms with van der Waals surface area (Å²) < 4.78 is 42.5. The molecule has 0 saturated carbocycles. The maximum absolute atomic E-state index is 13.8. The van der Waals surface area contributed by atoms with Crippen LogP contribution in [0.3, 0.4) is 0 Å². The Morgan fingerprint density at radius 3 is 2.60 bits per heavy atom. The van der Waals surface area contributed by atoms with Gasteiger partial charge in [0.2, 0.25) is 5.91 Å². The van der Waals surface area contributed by atoms with Crippen molar-refractivity contribution in [2.75, 3.05) is 18.4 Å². The zero-order valence-corrected chi connectivity index (χ0v) is 17.9. The van der Waals surface area contributed by atoms with E-state index in [0.29, 0.717) is 24.6 Å². The highest BCUT2D eigenvalue weighted by Gasteiger charge is 2.48. The van der Waals surface area contributed by atoms with Crippen molar-refractivity contribution in [1.82, 2.24) is 14.7 Å². The normalized spacial score (nSPS) is 29.6. The summed E-state index contributed by atoms with van der Waals surface area (Å²) in [6.07, 6.45) is 3.12. The summed E-state index contributed by atoms with van der Waals surface area (Å²) in [5.41, 5.74) is 0.352. The number of carbonyl (C=O) groups is 1. The fourth-order valence-electron chi connectivity index (χ4n) is 4.84. The van der Waals surface area contributed by atoms with Crippen LogP contribution in [0.25, 0.3) is 0 Å². The number of likely N-dealkylation sites (tertiary alicyclic amines) is 1. The summed E-state index contributed by atoms with van der Waals surface area (Å²) in [5.74, 6) is 0.619. The van der Waals surface area contributed by atoms with Crippen molar-refractivity contribution in [3.8, 4) is 0 Å². The Morgan fingerprint density at radius 2 is 1.97 bits per heavy atom. The number of carbonyl (C=O) groups excluding carboxylic acids is 1. The molecule has 3 aliphatic rings. The number of allylic oxidation sites excluding steroid dienone is 2. The Hall–Kier alpha value is -1.99. The van der Waals surface area contributed by atoms with E-state index in [-0.39, 0.29) is 35.6 Å². The van der Waals surface area contributed by atoms with Crippen LogP contribution in [0, 0.1) is 11.3 Å². The lowest BCUT2D eigenvalue weighted by molar-refractivity contribution is -0.175. The smallest absolute Gasteiger partial charge is 0.367 e. The summed E-state index contributed by atoms with van der Waals surface area (Å²) in [5, 5.41) is 7.67. The molecule has 4 rings (SSSR count). The second-order valence-corrected chi connectivity index (χ2v) is 10.0. The summed E-state index contributed by atoms with van der Waals surface area (Å²) >= 11 is 0. The quantitative estimate of drug-likeness (QED) is 0.688. The van der Waals surface area contributed by atoms with Gasteiger partial charge in [0.05, 0.1) is 5.69 Å². The van der Waals surface area contributed by atoms with Gasteiger partial charge in [-0.2, -0.15) is 18.3 Å². The molecule has 1 amide bonds. The molecule has 1 N–H and O–H groups in total. The minimum absolute atomic E-state index is 0.0186. The lowest BCUT2D eigenvalue weighted by Crippen LogP contribution is -2.44. The molecule has 1 aromatic heterocycles. The number of halogens is 3. The first-order valence-electron chi connectivity index (χ1n) is 10.9. The lowest BCUT2D eigenvalue weighted by Gasteiger charge is -2.39. The third-order valence-electron chi connectivity index (χ3n) is 6.79. The largest absolute Gasteiger partial charge is 0.410 e. The SMILES string of the molecule is CC(C)(C)[C@@H]1C[C@H](C(F)(F)F)n2nc([C@@H]3CCN(C(=O)[C@@H]4CC=CCC4)C3)cc2N1. The topological polar surface area (TPSA) is 50.2 Å². The molecule has 166 valence electrons. The minimum atomic E-state index is -4.35. The molecule has 1 aromatic rings. The highest BCUT2D eigenvalue weighted by molar-refractivity contribution is 5.79. The third kappa shape index (κ3) is 4.10. The average molecular weight is 425 g/mol. The van der Waals surface area contributed by atoms with Gasteiger partial charge in [0, 0.05) is 37.0 Å². The number of aromatic nitrogens is 2. The second-order valence-electron chi connectivity index (χ2n) is 10.0. The van der Waals surface area contributed by atoms with Crippen LogP contribution < -0.4 is 5.32 Å². The summed E-state index contributed by atoms with van der Waals surface area (Å²) in [7, 11) is 0. The summed E-state index contributed by atoms with van der Waals surface area (Å²) in [6, 6.07) is -0.152. The van der Waals surface area contributed by atoms with Crippen molar-refractivity contribution in [2.24, 2.45) is 11.3 Å². The summed E-state index contributed by atoms with van der Waals surface area (Å²) in [6.45, 7) is 7.03. The van der Waals surface area contributed by atoms with Crippen LogP contribution >= 0.6 is 0 Å². The number of fused-ring (bicyclic) bond motifs is 1. The highest BCUT2D eigenvalue weighted by Crippen LogP contribution is 2.44. The number of hydrogen-bond acceptors (Lipinski definition) is 3. The number of alkyl halides is 3. The Morgan fingerprint density at radius 1 is 1.20 bits per heavy atom. The fraction of sp³-hybridized carbons (Fsp3) is 0.727. The van der Waals surface area contributed by atoms with Gasteiger partial charge in [-0.05, 0) is 37.5 Å². The van der Waals surface area contributed by atoms with E-state index in [1.807, 2.05) is 25.7 Å². The van der Waals surface area contributed by atoms with E-state index in [1.165, 1.54) is 0 Å². The molecule has 0 spiro atoms. The van der Waals surface area contributed by atoms with Crippen molar-refractivity contribution >= 4 is 11.7 Å². The molecule has 0 aromatic carbocycles. The van der Waals surface area contributed by atoms with E-state index in [2.05, 4.69) is 22.6 Å². The van der Waals surface area contributed by atoms with Gasteiger partial charge in [0.15, 0.2) is 6.04 Å². The second kappa shape index (κ2) is 7.61. The predicted octanol–water partition coefficient (Wildman–Crippen LogP) is 4.89. The molecular weight excluding hydrogens is 393 g/mol. The molecule has 3 heterocycles. The number of amides is 1. The molecule has 30 heavy (non-hydrogen) atoms. The molecular formula is C22H31F3N4O. The van der Waals surface area contributed by atoms with Crippen molar-refractivity contribution in [3.63, 3.8) is 0 Å². The van der Waals surface area contributed by atoms with Crippen molar-refractivity contribution in [2.45, 2.75) is 77.1 Å². The van der Waals surface area contributed by atoms with E-state index < -0.39 is 12.2 Å². The number of rotatable bonds is 2. The molecule has 0 radical (unpaired) electrons. The maximum Gasteiger partial charge on any atom is 0.410 e. The molecule has 1 saturated heterocycles. The lowest BCUT2D eigenvalue weighted by atomic mass is 9.82. The van der Waals surface area contributed by atoms with E-state index in [0.717, 1.165) is 30.4 Å². The fourth-order valence-corrected chi connectivity index (χ4v) is 4.84. The van der Waals surface area contributed by atoms with E-state index in [9.17, 15) is 18.0 Å². The molecule has 2 aliphatic heterocycles. The van der Waals surface area contributed by atoms with Crippen molar-refractivity contribution in [3.05, 3.63) is 23.9 Å². The standard InChI is InChI=1S/C22H31F3N4O/c1-21(2,3)17-12-18(22(23,24)25)29-19(26-17)11-16(27-29)15-9-10-28(13-15)20(30)14-7-5-4-6-8-14/h4-5,11,14-15,17-18,26H,6-10,12-13H2,1-3H3/t14-,15-,17+,18-/m1/s1. The molecule has 5 nitrogen and oxygen atoms in total. The Bertz CT molecular complexity index is 823. The maximum atomic E-state index is 13.8. The van der Waals surface area contributed by atoms with E-state index in [1.54, 1.807) is 6.07 Å². The number of nitrogens with one attached hydrogen (secondary N) is 1. The van der Waals surface area contributed by atoms with Gasteiger partial charge in [0.25, 0.3) is 0 Å². The van der Waals surface area contributed by atoms with Gasteiger partial charge >= 0.3 is 6.18 Å². The first kappa shape index (κ1) is 21.2. The van der Waals surface area contributed by atoms with Crippen LogP contribution in [0.5, 0.6) is 0 Å². The zero-order valence-electron chi connectivity index (χ0n) is 17.9. The Balaban J connectivity index is 1.52. The number of nitrogens with zero attached hydrogens (tertiary/aromatic N) is 3. The van der Waals surface area contributed by atoms with Gasteiger partial charge in [-0.15, -0.1) is 0 Å². The monoisotopic (exact) mass is 424 g/mol. The number of anilines is 1. The van der Waals surface area contributed by atoms with Crippen LogP contribution in [0.15, 0.2) is 18.2 Å². The van der Waals surface area contributed by atoms with Gasteiger partial charge in [0.1, 0.15) is 5.82 Å². The van der Waals surface area contributed by atoms with Gasteiger partial charge in [-0.1, -0.05) is 32.9 Å². The van der Waals surface area contributed by atoms with Crippen LogP contribution in [0.1, 0.15) is 70.5 Å². The van der Waals surface area contributed by atoms with Gasteiger partial charge in [-0.25, -0.2) is 4.68 Å². The van der Waals surface area contributed by atoms with Crippen LogP contribution in [-0.2, 0) is 4.79 Å². The Kier molecular flexibility index (Phi) is 5.39. The summed E-state index contributed by atoms with van der Waals surface area (Å²) in [4.78, 5) is 14.7. The molecule has 1 fully saturated rings. The highest BCUT2D eigenvalue weighted by atomic mass is 19.4. The average Bonchev–Trinajstić information content (AvgIpc) is 3.32. The van der Waals surface area contributed by atoms with Gasteiger partial charge < -0.3 is 10.2 Å². The van der Waals surface area contributed by atoms with Crippen LogP contribution in [0.4, 0.5) is 19.0 Å². The number of hydrogen-bond donors (Lipinski definition) is 1. The first-order valence-corrected chi connectivity index (χ1v) is 10.9. The predicted molar refractivity (Wildman–Crippen MR) is 109 cm³/mol. The first-order chi connectivity index (χ1) is 14.0. The molecule has 8 heteroatoms. The Labute approximate surface area is 175 Å². The van der Waals surface area contributed by atoms with Crippen molar-refractivity contribution in [1.29, 1.82) is 0 Å². The molecule has 4 atom stereocenters. The molecule has 0 unspecified atom stereocenters. The third-order valence-corrected chi connectivity index (χ3v) is 6.79. The minimum Gasteiger partial charge on any atom is -0.367 e. The van der Waals surface area contributed by atoms with Crippen LogP contribution in [-0.4, -0.2) is 45.9 Å². The zero-order chi connectivity index (χ0) is 21.7. The van der Waals surface area contributed by atoms with E-state index >= 15 is 0 Å². The van der Waals surface area contributed by atoms with Crippen molar-refractivity contribution < 1.29 is 18.0 Å². The van der Waals surface area contributed by atoms with Gasteiger partial charge in [-0.3, -0.25) is 4.79 Å². The van der Waals surface area contributed by atoms with E-state index in [4.69, 9.17) is 0 Å². The van der Waals surface area contributed by atoms with Crippen LogP contribution in [0.2, 0.25) is 0 Å². The molecule has 0 bridgehead atoms. The molecule has 1 aliphatic carbocycles.